The van der Waals surface area contributed by atoms with Crippen LogP contribution in [0.25, 0.3) is 0 Å². The van der Waals surface area contributed by atoms with Gasteiger partial charge in [-0.1, -0.05) is 12.1 Å². The Labute approximate surface area is 142 Å². The number of nitrogens with one attached hydrogen (secondary N) is 1. The Morgan fingerprint density at radius 2 is 1.80 bits per heavy atom. The summed E-state index contributed by atoms with van der Waals surface area (Å²) in [6, 6.07) is 4.14. The van der Waals surface area contributed by atoms with Crippen LogP contribution in [-0.4, -0.2) is 37.6 Å². The second kappa shape index (κ2) is 9.65. The van der Waals surface area contributed by atoms with Gasteiger partial charge in [0.05, 0.1) is 17.7 Å². The molecule has 0 radical (unpaired) electrons. The zero-order valence-electron chi connectivity index (χ0n) is 13.5. The molecule has 0 unspecified atom stereocenters. The predicted octanol–water partition coefficient (Wildman–Crippen LogP) is 2.32. The fraction of sp³-hybridized carbons (Fsp3) is 0.438. The molecule has 0 aliphatic heterocycles. The Hall–Kier alpha value is -2.58. The molecular formula is C16H18F3NO5. The van der Waals surface area contributed by atoms with Crippen LogP contribution in [0.1, 0.15) is 35.7 Å². The van der Waals surface area contributed by atoms with Crippen LogP contribution in [0, 0.1) is 0 Å². The number of esters is 2. The van der Waals surface area contributed by atoms with E-state index in [1.165, 1.54) is 6.07 Å². The summed E-state index contributed by atoms with van der Waals surface area (Å²) in [5.74, 6) is -2.32. The third-order valence-electron chi connectivity index (χ3n) is 2.97. The Kier molecular flexibility index (Phi) is 7.90. The molecule has 0 heterocycles. The molecule has 1 aromatic carbocycles. The summed E-state index contributed by atoms with van der Waals surface area (Å²) in [6.07, 6.45) is -4.26. The molecule has 138 valence electrons. The summed E-state index contributed by atoms with van der Waals surface area (Å²) in [5, 5.41) is 2.39. The number of alkyl halides is 3. The zero-order valence-corrected chi connectivity index (χ0v) is 13.5. The number of amides is 1. The molecule has 0 spiro atoms. The zero-order chi connectivity index (χ0) is 18.9. The smallest absolute Gasteiger partial charge is 0.417 e. The molecule has 0 aliphatic carbocycles. The quantitative estimate of drug-likeness (QED) is 0.568. The number of halogens is 3. The third-order valence-corrected chi connectivity index (χ3v) is 2.97. The van der Waals surface area contributed by atoms with E-state index in [1.54, 1.807) is 6.92 Å². The Morgan fingerprint density at radius 3 is 2.44 bits per heavy atom. The van der Waals surface area contributed by atoms with Gasteiger partial charge in [-0.05, 0) is 25.5 Å². The SMILES string of the molecule is CCOC(=O)CCCNC(=O)COC(=O)c1ccccc1C(F)(F)F. The molecule has 0 saturated heterocycles. The van der Waals surface area contributed by atoms with Gasteiger partial charge in [-0.15, -0.1) is 0 Å². The maximum atomic E-state index is 12.8. The van der Waals surface area contributed by atoms with E-state index in [2.05, 4.69) is 10.1 Å². The Balaban J connectivity index is 2.42. The summed E-state index contributed by atoms with van der Waals surface area (Å²) in [5.41, 5.74) is -1.79. The molecule has 25 heavy (non-hydrogen) atoms. The van der Waals surface area contributed by atoms with Crippen LogP contribution in [0.15, 0.2) is 24.3 Å². The summed E-state index contributed by atoms with van der Waals surface area (Å²) < 4.78 is 47.7. The lowest BCUT2D eigenvalue weighted by molar-refractivity contribution is -0.143. The van der Waals surface area contributed by atoms with Crippen molar-refractivity contribution >= 4 is 17.8 Å². The fourth-order valence-corrected chi connectivity index (χ4v) is 1.86. The molecule has 1 rings (SSSR count). The van der Waals surface area contributed by atoms with Crippen molar-refractivity contribution in [2.24, 2.45) is 0 Å². The van der Waals surface area contributed by atoms with E-state index in [-0.39, 0.29) is 19.6 Å². The number of hydrogen-bond acceptors (Lipinski definition) is 5. The second-order valence-corrected chi connectivity index (χ2v) is 4.88. The molecule has 6 nitrogen and oxygen atoms in total. The summed E-state index contributed by atoms with van der Waals surface area (Å²) in [6.45, 7) is 1.37. The number of hydrogen-bond donors (Lipinski definition) is 1. The average Bonchev–Trinajstić information content (AvgIpc) is 2.56. The second-order valence-electron chi connectivity index (χ2n) is 4.88. The minimum atomic E-state index is -4.70. The molecule has 1 N–H and O–H groups in total. The lowest BCUT2D eigenvalue weighted by Gasteiger charge is -2.12. The molecule has 1 aromatic rings. The van der Waals surface area contributed by atoms with Gasteiger partial charge < -0.3 is 14.8 Å². The normalized spacial score (nSPS) is 10.9. The van der Waals surface area contributed by atoms with Crippen LogP contribution in [0.4, 0.5) is 13.2 Å². The Morgan fingerprint density at radius 1 is 1.12 bits per heavy atom. The molecule has 0 saturated carbocycles. The van der Waals surface area contributed by atoms with Crippen molar-refractivity contribution in [3.05, 3.63) is 35.4 Å². The van der Waals surface area contributed by atoms with Gasteiger partial charge in [-0.25, -0.2) is 4.79 Å². The molecule has 9 heteroatoms. The van der Waals surface area contributed by atoms with Crippen molar-refractivity contribution in [3.8, 4) is 0 Å². The van der Waals surface area contributed by atoms with Crippen LogP contribution in [-0.2, 0) is 25.2 Å². The first-order valence-electron chi connectivity index (χ1n) is 7.51. The van der Waals surface area contributed by atoms with E-state index in [0.717, 1.165) is 18.2 Å². The topological polar surface area (TPSA) is 81.7 Å². The lowest BCUT2D eigenvalue weighted by atomic mass is 10.1. The third kappa shape index (κ3) is 7.23. The van der Waals surface area contributed by atoms with Crippen LogP contribution in [0.2, 0.25) is 0 Å². The monoisotopic (exact) mass is 361 g/mol. The van der Waals surface area contributed by atoms with E-state index in [1.807, 2.05) is 0 Å². The molecule has 0 aliphatic rings. The molecular weight excluding hydrogens is 343 g/mol. The summed E-state index contributed by atoms with van der Waals surface area (Å²) in [7, 11) is 0. The maximum absolute atomic E-state index is 12.8. The van der Waals surface area contributed by atoms with Gasteiger partial charge in [0.25, 0.3) is 5.91 Å². The first-order valence-corrected chi connectivity index (χ1v) is 7.51. The van der Waals surface area contributed by atoms with Gasteiger partial charge in [-0.2, -0.15) is 13.2 Å². The molecule has 0 atom stereocenters. The van der Waals surface area contributed by atoms with Gasteiger partial charge in [-0.3, -0.25) is 9.59 Å². The molecule has 1 amide bonds. The van der Waals surface area contributed by atoms with Gasteiger partial charge in [0, 0.05) is 13.0 Å². The first kappa shape index (κ1) is 20.5. The largest absolute Gasteiger partial charge is 0.466 e. The number of carbonyl (C=O) groups is 3. The van der Waals surface area contributed by atoms with E-state index in [9.17, 15) is 27.6 Å². The molecule has 0 aromatic heterocycles. The standard InChI is InChI=1S/C16H18F3NO5/c1-2-24-14(22)8-5-9-20-13(21)10-25-15(23)11-6-3-4-7-12(11)16(17,18)19/h3-4,6-7H,2,5,8-10H2,1H3,(H,20,21). The van der Waals surface area contributed by atoms with Gasteiger partial charge in [0.2, 0.25) is 0 Å². The van der Waals surface area contributed by atoms with Crippen molar-refractivity contribution in [3.63, 3.8) is 0 Å². The summed E-state index contributed by atoms with van der Waals surface area (Å²) >= 11 is 0. The highest BCUT2D eigenvalue weighted by Gasteiger charge is 2.35. The van der Waals surface area contributed by atoms with Crippen LogP contribution < -0.4 is 5.32 Å². The number of ether oxygens (including phenoxy) is 2. The van der Waals surface area contributed by atoms with Crippen LogP contribution >= 0.6 is 0 Å². The number of benzene rings is 1. The average molecular weight is 361 g/mol. The lowest BCUT2D eigenvalue weighted by Crippen LogP contribution is -2.30. The van der Waals surface area contributed by atoms with Gasteiger partial charge in [0.15, 0.2) is 6.61 Å². The first-order chi connectivity index (χ1) is 11.8. The number of carbonyl (C=O) groups excluding carboxylic acids is 3. The maximum Gasteiger partial charge on any atom is 0.417 e. The minimum absolute atomic E-state index is 0.118. The van der Waals surface area contributed by atoms with Gasteiger partial charge >= 0.3 is 18.1 Å². The van der Waals surface area contributed by atoms with E-state index >= 15 is 0 Å². The van der Waals surface area contributed by atoms with E-state index < -0.39 is 41.8 Å². The minimum Gasteiger partial charge on any atom is -0.466 e. The molecule has 0 fully saturated rings. The van der Waals surface area contributed by atoms with Crippen LogP contribution in [0.5, 0.6) is 0 Å². The molecule has 0 bridgehead atoms. The van der Waals surface area contributed by atoms with Crippen molar-refractivity contribution in [2.75, 3.05) is 19.8 Å². The van der Waals surface area contributed by atoms with Crippen molar-refractivity contribution < 1.29 is 37.0 Å². The summed E-state index contributed by atoms with van der Waals surface area (Å²) in [4.78, 5) is 34.3. The van der Waals surface area contributed by atoms with E-state index in [4.69, 9.17) is 4.74 Å². The predicted molar refractivity (Wildman–Crippen MR) is 80.6 cm³/mol. The van der Waals surface area contributed by atoms with Crippen LogP contribution in [0.3, 0.4) is 0 Å². The fourth-order valence-electron chi connectivity index (χ4n) is 1.86. The van der Waals surface area contributed by atoms with Crippen molar-refractivity contribution in [2.45, 2.75) is 25.9 Å². The number of rotatable bonds is 8. The highest BCUT2D eigenvalue weighted by atomic mass is 19.4. The van der Waals surface area contributed by atoms with E-state index in [0.29, 0.717) is 6.42 Å². The van der Waals surface area contributed by atoms with Crippen molar-refractivity contribution in [1.82, 2.24) is 5.32 Å². The highest BCUT2D eigenvalue weighted by molar-refractivity contribution is 5.93. The van der Waals surface area contributed by atoms with Gasteiger partial charge in [0.1, 0.15) is 0 Å². The highest BCUT2D eigenvalue weighted by Crippen LogP contribution is 2.32. The Bertz CT molecular complexity index is 616. The van der Waals surface area contributed by atoms with Crippen molar-refractivity contribution in [1.29, 1.82) is 0 Å².